The van der Waals surface area contributed by atoms with Gasteiger partial charge in [-0.2, -0.15) is 0 Å². The van der Waals surface area contributed by atoms with E-state index in [1.807, 2.05) is 0 Å². The van der Waals surface area contributed by atoms with Crippen molar-refractivity contribution in [2.75, 3.05) is 24.7 Å². The van der Waals surface area contributed by atoms with E-state index in [2.05, 4.69) is 39.0 Å². The molecule has 0 bridgehead atoms. The van der Waals surface area contributed by atoms with Crippen molar-refractivity contribution in [1.29, 1.82) is 0 Å². The molecule has 1 saturated heterocycles. The molecule has 1 unspecified atom stereocenters. The Hall–Kier alpha value is -0.800. The Kier molecular flexibility index (Phi) is 5.17. The lowest BCUT2D eigenvalue weighted by molar-refractivity contribution is 0.0946. The van der Waals surface area contributed by atoms with Crippen molar-refractivity contribution in [3.8, 4) is 0 Å². The molecule has 0 N–H and O–H groups in total. The van der Waals surface area contributed by atoms with Crippen LogP contribution in [0.4, 0.5) is 0 Å². The Morgan fingerprint density at radius 3 is 2.39 bits per heavy atom. The zero-order valence-electron chi connectivity index (χ0n) is 14.7. The van der Waals surface area contributed by atoms with E-state index in [0.29, 0.717) is 5.78 Å². The summed E-state index contributed by atoms with van der Waals surface area (Å²) in [6.07, 6.45) is 4.85. The number of carbonyl (C=O) groups excluding carboxylic acids is 1. The lowest BCUT2D eigenvalue weighted by Gasteiger charge is -2.31. The van der Waals surface area contributed by atoms with E-state index in [9.17, 15) is 4.79 Å². The number of hydrogen-bond donors (Lipinski definition) is 0. The lowest BCUT2D eigenvalue weighted by Crippen LogP contribution is -2.47. The smallest absolute Gasteiger partial charge is 0.215 e. The third kappa shape index (κ3) is 3.83. The van der Waals surface area contributed by atoms with Gasteiger partial charge in [0.1, 0.15) is 11.5 Å². The second-order valence-corrected chi connectivity index (χ2v) is 10.2. The highest BCUT2D eigenvalue weighted by atomic mass is 32.2. The SMILES string of the molecule is CC(C)(C)C(C(=O)c1ccc2c(c1)CCCC2)[S+]1CCOCC1. The van der Waals surface area contributed by atoms with Crippen LogP contribution in [0.15, 0.2) is 18.2 Å². The van der Waals surface area contributed by atoms with Crippen LogP contribution in [0.5, 0.6) is 0 Å². The Morgan fingerprint density at radius 2 is 1.74 bits per heavy atom. The van der Waals surface area contributed by atoms with Crippen LogP contribution in [0, 0.1) is 5.41 Å². The third-order valence-corrected chi connectivity index (χ3v) is 7.94. The predicted molar refractivity (Wildman–Crippen MR) is 98.6 cm³/mol. The van der Waals surface area contributed by atoms with Crippen molar-refractivity contribution < 1.29 is 9.53 Å². The maximum Gasteiger partial charge on any atom is 0.215 e. The van der Waals surface area contributed by atoms with Crippen LogP contribution in [0.3, 0.4) is 0 Å². The molecule has 2 nitrogen and oxygen atoms in total. The quantitative estimate of drug-likeness (QED) is 0.621. The molecule has 0 amide bonds. The maximum absolute atomic E-state index is 13.3. The molecule has 0 saturated carbocycles. The second kappa shape index (κ2) is 6.98. The molecule has 3 heteroatoms. The highest BCUT2D eigenvalue weighted by Crippen LogP contribution is 2.32. The largest absolute Gasteiger partial charge is 0.372 e. The number of aryl methyl sites for hydroxylation is 2. The minimum Gasteiger partial charge on any atom is -0.372 e. The Labute approximate surface area is 143 Å². The number of benzene rings is 1. The van der Waals surface area contributed by atoms with Gasteiger partial charge in [0.05, 0.1) is 13.2 Å². The van der Waals surface area contributed by atoms with E-state index in [1.165, 1.54) is 30.4 Å². The number of ketones is 1. The van der Waals surface area contributed by atoms with Crippen molar-refractivity contribution >= 4 is 16.7 Å². The molecule has 3 rings (SSSR count). The van der Waals surface area contributed by atoms with Crippen molar-refractivity contribution in [2.24, 2.45) is 5.41 Å². The van der Waals surface area contributed by atoms with Crippen LogP contribution in [-0.2, 0) is 28.5 Å². The summed E-state index contributed by atoms with van der Waals surface area (Å²) < 4.78 is 5.52. The molecule has 1 heterocycles. The van der Waals surface area contributed by atoms with E-state index in [0.717, 1.165) is 36.7 Å². The molecule has 1 fully saturated rings. The molecule has 2 aliphatic rings. The molecule has 1 aromatic rings. The zero-order valence-corrected chi connectivity index (χ0v) is 15.5. The van der Waals surface area contributed by atoms with E-state index in [-0.39, 0.29) is 21.6 Å². The Bertz CT molecular complexity index is 567. The van der Waals surface area contributed by atoms with Crippen molar-refractivity contribution in [2.45, 2.75) is 51.7 Å². The van der Waals surface area contributed by atoms with Gasteiger partial charge < -0.3 is 4.74 Å². The van der Waals surface area contributed by atoms with Gasteiger partial charge in [-0.25, -0.2) is 0 Å². The highest BCUT2D eigenvalue weighted by Gasteiger charge is 2.46. The monoisotopic (exact) mass is 333 g/mol. The molecule has 0 spiro atoms. The summed E-state index contributed by atoms with van der Waals surface area (Å²) in [6.45, 7) is 8.28. The summed E-state index contributed by atoms with van der Waals surface area (Å²) in [7, 11) is 0.141. The Morgan fingerprint density at radius 1 is 1.09 bits per heavy atom. The lowest BCUT2D eigenvalue weighted by atomic mass is 9.85. The second-order valence-electron chi connectivity index (χ2n) is 7.86. The summed E-state index contributed by atoms with van der Waals surface area (Å²) in [5.74, 6) is 2.44. The number of hydrogen-bond acceptors (Lipinski definition) is 2. The average Bonchev–Trinajstić information content (AvgIpc) is 2.54. The molecule has 1 aliphatic heterocycles. The van der Waals surface area contributed by atoms with Crippen LogP contribution >= 0.6 is 0 Å². The van der Waals surface area contributed by atoms with Gasteiger partial charge in [-0.1, -0.05) is 32.9 Å². The first-order valence-corrected chi connectivity index (χ1v) is 10.5. The van der Waals surface area contributed by atoms with Crippen molar-refractivity contribution in [3.63, 3.8) is 0 Å². The van der Waals surface area contributed by atoms with Crippen molar-refractivity contribution in [1.82, 2.24) is 0 Å². The summed E-state index contributed by atoms with van der Waals surface area (Å²) in [6, 6.07) is 6.48. The molecular weight excluding hydrogens is 304 g/mol. The number of ether oxygens (including phenoxy) is 1. The van der Waals surface area contributed by atoms with Gasteiger partial charge in [-0.3, -0.25) is 4.79 Å². The minimum absolute atomic E-state index is 0.00738. The van der Waals surface area contributed by atoms with E-state index in [1.54, 1.807) is 0 Å². The highest BCUT2D eigenvalue weighted by molar-refractivity contribution is 7.98. The summed E-state index contributed by atoms with van der Waals surface area (Å²) >= 11 is 0. The van der Waals surface area contributed by atoms with Gasteiger partial charge in [-0.15, -0.1) is 0 Å². The van der Waals surface area contributed by atoms with Crippen LogP contribution in [0.2, 0.25) is 0 Å². The van der Waals surface area contributed by atoms with Gasteiger partial charge >= 0.3 is 0 Å². The molecule has 1 aliphatic carbocycles. The van der Waals surface area contributed by atoms with E-state index in [4.69, 9.17) is 4.74 Å². The van der Waals surface area contributed by atoms with Gasteiger partial charge in [-0.05, 0) is 42.9 Å². The first-order valence-electron chi connectivity index (χ1n) is 8.87. The topological polar surface area (TPSA) is 26.3 Å². The number of rotatable bonds is 3. The molecule has 23 heavy (non-hydrogen) atoms. The van der Waals surface area contributed by atoms with Crippen LogP contribution in [-0.4, -0.2) is 35.8 Å². The fourth-order valence-electron chi connectivity index (χ4n) is 3.85. The zero-order chi connectivity index (χ0) is 16.4. The van der Waals surface area contributed by atoms with Crippen LogP contribution in [0.1, 0.15) is 55.1 Å². The average molecular weight is 334 g/mol. The molecule has 0 aromatic heterocycles. The minimum atomic E-state index is 0.00738. The van der Waals surface area contributed by atoms with Crippen LogP contribution in [0.25, 0.3) is 0 Å². The molecule has 1 aromatic carbocycles. The number of carbonyl (C=O) groups is 1. The predicted octanol–water partition coefficient (Wildman–Crippen LogP) is 3.81. The van der Waals surface area contributed by atoms with E-state index >= 15 is 0 Å². The maximum atomic E-state index is 13.3. The van der Waals surface area contributed by atoms with Gasteiger partial charge in [0.2, 0.25) is 5.78 Å². The number of Topliss-reactive ketones (excluding diaryl/α,β-unsaturated/α-hetero) is 1. The van der Waals surface area contributed by atoms with Gasteiger partial charge in [0.15, 0.2) is 5.25 Å². The van der Waals surface area contributed by atoms with Crippen molar-refractivity contribution in [3.05, 3.63) is 34.9 Å². The molecule has 126 valence electrons. The number of fused-ring (bicyclic) bond motifs is 1. The van der Waals surface area contributed by atoms with E-state index < -0.39 is 0 Å². The molecule has 1 atom stereocenters. The summed E-state index contributed by atoms with van der Waals surface area (Å²) in [5, 5.41) is 0.119. The fraction of sp³-hybridized carbons (Fsp3) is 0.650. The standard InChI is InChI=1S/C20H29O2S/c1-20(2,3)19(23-12-10-22-11-13-23)18(21)17-9-8-15-6-4-5-7-16(15)14-17/h8-9,14,19H,4-7,10-13H2,1-3H3/q+1. The third-order valence-electron chi connectivity index (χ3n) is 4.97. The first kappa shape index (κ1) is 17.0. The summed E-state index contributed by atoms with van der Waals surface area (Å²) in [5.41, 5.74) is 3.80. The molecule has 0 radical (unpaired) electrons. The van der Waals surface area contributed by atoms with Crippen LogP contribution < -0.4 is 0 Å². The first-order chi connectivity index (χ1) is 11.0. The fourth-order valence-corrected chi connectivity index (χ4v) is 6.63. The van der Waals surface area contributed by atoms with Gasteiger partial charge in [0.25, 0.3) is 0 Å². The molecular formula is C20H29O2S+. The Balaban J connectivity index is 1.88. The van der Waals surface area contributed by atoms with Gasteiger partial charge in [0, 0.05) is 21.9 Å². The normalized spacial score (nSPS) is 20.8. The summed E-state index contributed by atoms with van der Waals surface area (Å²) in [4.78, 5) is 13.3.